The second-order valence-electron chi connectivity index (χ2n) is 5.06. The molecule has 3 nitrogen and oxygen atoms in total. The topological polar surface area (TPSA) is 43.4 Å². The standard InChI is InChI=1S/C14H18O3/c1-10(15)17-9-11-5-7-12(8-6-11)13(16)14(2,3)4/h5-8H,9H2,1-4H3. The van der Waals surface area contributed by atoms with Crippen LogP contribution >= 0.6 is 0 Å². The molecule has 0 saturated carbocycles. The Balaban J connectivity index is 2.75. The molecule has 0 spiro atoms. The summed E-state index contributed by atoms with van der Waals surface area (Å²) in [6, 6.07) is 7.16. The van der Waals surface area contributed by atoms with Crippen molar-refractivity contribution >= 4 is 11.8 Å². The van der Waals surface area contributed by atoms with Crippen molar-refractivity contribution in [1.82, 2.24) is 0 Å². The number of Topliss-reactive ketones (excluding diaryl/α,β-unsaturated/α-hetero) is 1. The van der Waals surface area contributed by atoms with E-state index in [1.165, 1.54) is 6.92 Å². The first kappa shape index (κ1) is 13.4. The van der Waals surface area contributed by atoms with Gasteiger partial charge in [-0.3, -0.25) is 9.59 Å². The molecule has 0 heterocycles. The molecule has 92 valence electrons. The summed E-state index contributed by atoms with van der Waals surface area (Å²) in [5.74, 6) is -0.198. The van der Waals surface area contributed by atoms with Crippen LogP contribution in [0.5, 0.6) is 0 Å². The summed E-state index contributed by atoms with van der Waals surface area (Å²) in [5, 5.41) is 0. The number of ketones is 1. The van der Waals surface area contributed by atoms with Crippen molar-refractivity contribution in [2.24, 2.45) is 5.41 Å². The minimum atomic E-state index is -0.378. The van der Waals surface area contributed by atoms with Gasteiger partial charge in [0.2, 0.25) is 0 Å². The average Bonchev–Trinajstić information content (AvgIpc) is 2.25. The van der Waals surface area contributed by atoms with Gasteiger partial charge in [0, 0.05) is 17.9 Å². The van der Waals surface area contributed by atoms with Gasteiger partial charge in [0.05, 0.1) is 0 Å². The molecule has 0 bridgehead atoms. The van der Waals surface area contributed by atoms with Crippen molar-refractivity contribution in [1.29, 1.82) is 0 Å². The first-order valence-corrected chi connectivity index (χ1v) is 5.58. The fraction of sp³-hybridized carbons (Fsp3) is 0.429. The highest BCUT2D eigenvalue weighted by Gasteiger charge is 2.22. The second-order valence-corrected chi connectivity index (χ2v) is 5.06. The van der Waals surface area contributed by atoms with Crippen molar-refractivity contribution in [3.05, 3.63) is 35.4 Å². The summed E-state index contributed by atoms with van der Waals surface area (Å²) in [6.45, 7) is 7.29. The Morgan fingerprint density at radius 2 is 1.65 bits per heavy atom. The Morgan fingerprint density at radius 1 is 1.12 bits per heavy atom. The van der Waals surface area contributed by atoms with Gasteiger partial charge in [-0.05, 0) is 5.56 Å². The lowest BCUT2D eigenvalue weighted by Gasteiger charge is -2.16. The quantitative estimate of drug-likeness (QED) is 0.596. The molecule has 0 aromatic heterocycles. The Labute approximate surface area is 102 Å². The summed E-state index contributed by atoms with van der Waals surface area (Å²) in [5.41, 5.74) is 1.19. The smallest absolute Gasteiger partial charge is 0.302 e. The summed E-state index contributed by atoms with van der Waals surface area (Å²) >= 11 is 0. The van der Waals surface area contributed by atoms with Crippen molar-refractivity contribution in [3.63, 3.8) is 0 Å². The maximum Gasteiger partial charge on any atom is 0.302 e. The molecule has 17 heavy (non-hydrogen) atoms. The zero-order valence-corrected chi connectivity index (χ0v) is 10.7. The molecule has 0 amide bonds. The monoisotopic (exact) mass is 234 g/mol. The lowest BCUT2D eigenvalue weighted by Crippen LogP contribution is -2.20. The summed E-state index contributed by atoms with van der Waals surface area (Å²) < 4.78 is 4.87. The van der Waals surface area contributed by atoms with Crippen LogP contribution in [0.2, 0.25) is 0 Å². The molecule has 1 aromatic rings. The van der Waals surface area contributed by atoms with Crippen molar-refractivity contribution in [3.8, 4) is 0 Å². The fourth-order valence-electron chi connectivity index (χ4n) is 1.37. The predicted octanol–water partition coefficient (Wildman–Crippen LogP) is 2.98. The van der Waals surface area contributed by atoms with E-state index >= 15 is 0 Å². The first-order valence-electron chi connectivity index (χ1n) is 5.58. The van der Waals surface area contributed by atoms with Crippen LogP contribution in [-0.2, 0) is 16.1 Å². The SMILES string of the molecule is CC(=O)OCc1ccc(C(=O)C(C)(C)C)cc1. The van der Waals surface area contributed by atoms with Crippen LogP contribution in [0.1, 0.15) is 43.6 Å². The molecule has 3 heteroatoms. The Kier molecular flexibility index (Phi) is 4.05. The van der Waals surface area contributed by atoms with Crippen LogP contribution < -0.4 is 0 Å². The molecule has 1 aromatic carbocycles. The Morgan fingerprint density at radius 3 is 2.06 bits per heavy atom. The Hall–Kier alpha value is -1.64. The molecule has 0 aliphatic rings. The molecule has 0 N–H and O–H groups in total. The molecule has 0 unspecified atom stereocenters. The molecular formula is C14H18O3. The van der Waals surface area contributed by atoms with E-state index in [4.69, 9.17) is 4.74 Å². The minimum absolute atomic E-state index is 0.108. The van der Waals surface area contributed by atoms with E-state index in [2.05, 4.69) is 0 Å². The number of carbonyl (C=O) groups excluding carboxylic acids is 2. The van der Waals surface area contributed by atoms with Crippen molar-refractivity contribution in [2.75, 3.05) is 0 Å². The van der Waals surface area contributed by atoms with Crippen LogP contribution in [0, 0.1) is 5.41 Å². The van der Waals surface area contributed by atoms with Gasteiger partial charge in [-0.25, -0.2) is 0 Å². The largest absolute Gasteiger partial charge is 0.461 e. The van der Waals surface area contributed by atoms with E-state index in [0.717, 1.165) is 5.56 Å². The van der Waals surface area contributed by atoms with Gasteiger partial charge in [0.15, 0.2) is 5.78 Å². The third kappa shape index (κ3) is 4.02. The molecule has 0 aliphatic carbocycles. The van der Waals surface area contributed by atoms with Crippen LogP contribution in [-0.4, -0.2) is 11.8 Å². The zero-order chi connectivity index (χ0) is 13.1. The van der Waals surface area contributed by atoms with Gasteiger partial charge in [-0.15, -0.1) is 0 Å². The number of carbonyl (C=O) groups is 2. The van der Waals surface area contributed by atoms with Crippen molar-refractivity contribution in [2.45, 2.75) is 34.3 Å². The third-order valence-corrected chi connectivity index (χ3v) is 2.34. The predicted molar refractivity (Wildman–Crippen MR) is 65.7 cm³/mol. The Bertz CT molecular complexity index is 410. The number of hydrogen-bond donors (Lipinski definition) is 0. The highest BCUT2D eigenvalue weighted by Crippen LogP contribution is 2.21. The van der Waals surface area contributed by atoms with E-state index in [1.54, 1.807) is 12.1 Å². The number of esters is 1. The van der Waals surface area contributed by atoms with E-state index in [0.29, 0.717) is 5.56 Å². The van der Waals surface area contributed by atoms with Gasteiger partial charge in [-0.1, -0.05) is 45.0 Å². The van der Waals surface area contributed by atoms with E-state index in [-0.39, 0.29) is 23.8 Å². The van der Waals surface area contributed by atoms with Gasteiger partial charge < -0.3 is 4.74 Å². The third-order valence-electron chi connectivity index (χ3n) is 2.34. The maximum absolute atomic E-state index is 12.0. The summed E-state index contributed by atoms with van der Waals surface area (Å²) in [6.07, 6.45) is 0. The molecule has 0 aliphatic heterocycles. The van der Waals surface area contributed by atoms with Gasteiger partial charge in [0.25, 0.3) is 0 Å². The number of ether oxygens (including phenoxy) is 1. The second kappa shape index (κ2) is 5.13. The molecule has 0 radical (unpaired) electrons. The van der Waals surface area contributed by atoms with Gasteiger partial charge in [0.1, 0.15) is 6.61 Å². The summed E-state index contributed by atoms with van der Waals surface area (Å²) in [7, 11) is 0. The van der Waals surface area contributed by atoms with Crippen LogP contribution in [0.4, 0.5) is 0 Å². The van der Waals surface area contributed by atoms with Crippen LogP contribution in [0.25, 0.3) is 0 Å². The molecule has 0 fully saturated rings. The fourth-order valence-corrected chi connectivity index (χ4v) is 1.37. The van der Waals surface area contributed by atoms with Crippen molar-refractivity contribution < 1.29 is 14.3 Å². The first-order chi connectivity index (χ1) is 7.80. The van der Waals surface area contributed by atoms with E-state index < -0.39 is 0 Å². The van der Waals surface area contributed by atoms with Crippen LogP contribution in [0.3, 0.4) is 0 Å². The lowest BCUT2D eigenvalue weighted by atomic mass is 9.86. The van der Waals surface area contributed by atoms with Gasteiger partial charge >= 0.3 is 5.97 Å². The lowest BCUT2D eigenvalue weighted by molar-refractivity contribution is -0.142. The number of benzene rings is 1. The van der Waals surface area contributed by atoms with Crippen LogP contribution in [0.15, 0.2) is 24.3 Å². The molecule has 0 saturated heterocycles. The summed E-state index contributed by atoms with van der Waals surface area (Å²) in [4.78, 5) is 22.6. The van der Waals surface area contributed by atoms with E-state index in [9.17, 15) is 9.59 Å². The maximum atomic E-state index is 12.0. The molecular weight excluding hydrogens is 216 g/mol. The van der Waals surface area contributed by atoms with E-state index in [1.807, 2.05) is 32.9 Å². The highest BCUT2D eigenvalue weighted by atomic mass is 16.5. The zero-order valence-electron chi connectivity index (χ0n) is 10.7. The number of hydrogen-bond acceptors (Lipinski definition) is 3. The highest BCUT2D eigenvalue weighted by molar-refractivity contribution is 5.99. The normalized spacial score (nSPS) is 11.1. The minimum Gasteiger partial charge on any atom is -0.461 e. The molecule has 1 rings (SSSR count). The number of rotatable bonds is 3. The molecule has 0 atom stereocenters. The van der Waals surface area contributed by atoms with Gasteiger partial charge in [-0.2, -0.15) is 0 Å². The average molecular weight is 234 g/mol.